The van der Waals surface area contributed by atoms with E-state index >= 15 is 0 Å². The Kier molecular flexibility index (Phi) is 6.11. The van der Waals surface area contributed by atoms with E-state index in [-0.39, 0.29) is 5.56 Å². The Morgan fingerprint density at radius 1 is 1.08 bits per heavy atom. The van der Waals surface area contributed by atoms with Gasteiger partial charge in [-0.25, -0.2) is 13.8 Å². The maximum atomic E-state index is 14.4. The number of benzene rings is 1. The van der Waals surface area contributed by atoms with Gasteiger partial charge in [0.25, 0.3) is 6.43 Å². The van der Waals surface area contributed by atoms with Crippen LogP contribution in [0.4, 0.5) is 31.8 Å². The molecule has 200 valence electrons. The largest absolute Gasteiger partial charge is 0.391 e. The number of aromatic nitrogens is 3. The Labute approximate surface area is 220 Å². The van der Waals surface area contributed by atoms with E-state index in [1.54, 1.807) is 30.2 Å². The smallest absolute Gasteiger partial charge is 0.264 e. The van der Waals surface area contributed by atoms with Gasteiger partial charge >= 0.3 is 0 Å². The number of nitrogens with zero attached hydrogens (tertiary/aromatic N) is 6. The summed E-state index contributed by atoms with van der Waals surface area (Å²) >= 11 is 0. The number of halogens is 2. The van der Waals surface area contributed by atoms with Crippen molar-refractivity contribution in [3.05, 3.63) is 52.9 Å². The molecule has 0 aliphatic carbocycles. The van der Waals surface area contributed by atoms with Crippen LogP contribution in [0.3, 0.4) is 0 Å². The molecule has 3 aliphatic rings. The number of anilines is 4. The molecular weight excluding hydrogens is 490 g/mol. The van der Waals surface area contributed by atoms with Gasteiger partial charge in [-0.1, -0.05) is 0 Å². The van der Waals surface area contributed by atoms with Crippen LogP contribution in [0.1, 0.15) is 42.9 Å². The van der Waals surface area contributed by atoms with E-state index < -0.39 is 18.8 Å². The Bertz CT molecular complexity index is 1420. The van der Waals surface area contributed by atoms with Crippen molar-refractivity contribution in [3.63, 3.8) is 0 Å². The third kappa shape index (κ3) is 4.12. The third-order valence-electron chi connectivity index (χ3n) is 7.89. The Balaban J connectivity index is 1.53. The van der Waals surface area contributed by atoms with E-state index in [2.05, 4.69) is 5.10 Å². The molecule has 1 saturated heterocycles. The zero-order valence-electron chi connectivity index (χ0n) is 21.8. The van der Waals surface area contributed by atoms with Gasteiger partial charge in [0.15, 0.2) is 0 Å². The fourth-order valence-electron chi connectivity index (χ4n) is 5.86. The van der Waals surface area contributed by atoms with Gasteiger partial charge in [0.05, 0.1) is 18.0 Å². The minimum atomic E-state index is -2.65. The number of aliphatic hydroxyl groups is 2. The van der Waals surface area contributed by atoms with E-state index in [1.807, 2.05) is 46.9 Å². The minimum Gasteiger partial charge on any atom is -0.391 e. The van der Waals surface area contributed by atoms with Crippen LogP contribution in [0.15, 0.2) is 36.2 Å². The first-order valence-corrected chi connectivity index (χ1v) is 13.0. The molecule has 10 heteroatoms. The lowest BCUT2D eigenvalue weighted by molar-refractivity contribution is 0.152. The van der Waals surface area contributed by atoms with Crippen LogP contribution >= 0.6 is 0 Å². The maximum Gasteiger partial charge on any atom is 0.264 e. The second kappa shape index (κ2) is 9.36. The number of rotatable bonds is 4. The summed E-state index contributed by atoms with van der Waals surface area (Å²) in [6.07, 6.45) is 3.76. The summed E-state index contributed by atoms with van der Waals surface area (Å²) in [6, 6.07) is 5.44. The zero-order valence-corrected chi connectivity index (χ0v) is 21.8. The van der Waals surface area contributed by atoms with Crippen LogP contribution in [0, 0.1) is 0 Å². The average Bonchev–Trinajstić information content (AvgIpc) is 3.54. The lowest BCUT2D eigenvalue weighted by Crippen LogP contribution is -2.36. The number of β-amino-alcohol motifs (C(OH)–C–C–N with tert-alkyl or cyclic N) is 1. The molecule has 0 bridgehead atoms. The highest BCUT2D eigenvalue weighted by molar-refractivity contribution is 5.87. The number of aliphatic hydroxyl groups excluding tert-OH is 2. The van der Waals surface area contributed by atoms with Crippen molar-refractivity contribution in [1.29, 1.82) is 0 Å². The molecule has 38 heavy (non-hydrogen) atoms. The first-order valence-electron chi connectivity index (χ1n) is 13.0. The molecule has 0 spiro atoms. The summed E-state index contributed by atoms with van der Waals surface area (Å²) in [6.45, 7) is 3.66. The van der Waals surface area contributed by atoms with Crippen molar-refractivity contribution in [2.24, 2.45) is 7.05 Å². The second-order valence-electron chi connectivity index (χ2n) is 10.5. The molecule has 1 fully saturated rings. The maximum absolute atomic E-state index is 14.4. The van der Waals surface area contributed by atoms with E-state index in [4.69, 9.17) is 4.98 Å². The normalized spacial score (nSPS) is 21.2. The quantitative estimate of drug-likeness (QED) is 0.530. The van der Waals surface area contributed by atoms with E-state index in [0.717, 1.165) is 40.9 Å². The number of alkyl halides is 2. The van der Waals surface area contributed by atoms with Crippen LogP contribution < -0.4 is 14.7 Å². The molecule has 6 rings (SSSR count). The van der Waals surface area contributed by atoms with Crippen LogP contribution in [-0.4, -0.2) is 64.0 Å². The first kappa shape index (κ1) is 24.8. The van der Waals surface area contributed by atoms with Crippen LogP contribution in [-0.2, 0) is 13.5 Å². The fourth-order valence-corrected chi connectivity index (χ4v) is 5.86. The van der Waals surface area contributed by atoms with Crippen molar-refractivity contribution in [3.8, 4) is 11.1 Å². The zero-order chi connectivity index (χ0) is 26.7. The molecule has 0 saturated carbocycles. The summed E-state index contributed by atoms with van der Waals surface area (Å²) in [5.74, 6) is 1.38. The fraction of sp³-hybridized carbons (Fsp3) is 0.429. The Morgan fingerprint density at radius 3 is 2.58 bits per heavy atom. The molecule has 2 N–H and O–H groups in total. The standard InChI is InChI=1S/C28H32F2N6O2/c1-16-9-22-24(34(3)28(16)38)12-25(35-8-6-19(37)15-35)32-27(22)36-7-4-5-17-10-20(18-13-31-33(2)14-18)21(26(29)30)11-23(17)36/h9-14,19,26,28,37-38H,4-8,15H2,1-3H3/t19-,28?/m0/s1. The van der Waals surface area contributed by atoms with Gasteiger partial charge in [-0.05, 0) is 61.1 Å². The predicted octanol–water partition coefficient (Wildman–Crippen LogP) is 4.25. The molecule has 3 aromatic rings. The van der Waals surface area contributed by atoms with Gasteiger partial charge in [0.2, 0.25) is 0 Å². The van der Waals surface area contributed by atoms with Crippen molar-refractivity contribution in [1.82, 2.24) is 14.8 Å². The summed E-state index contributed by atoms with van der Waals surface area (Å²) in [7, 11) is 3.61. The molecule has 3 aliphatic heterocycles. The van der Waals surface area contributed by atoms with Gasteiger partial charge in [0, 0.05) is 68.4 Å². The molecule has 2 aromatic heterocycles. The van der Waals surface area contributed by atoms with Crippen molar-refractivity contribution < 1.29 is 19.0 Å². The molecular formula is C28H32F2N6O2. The van der Waals surface area contributed by atoms with Crippen molar-refractivity contribution in [2.75, 3.05) is 41.4 Å². The first-order chi connectivity index (χ1) is 18.2. The van der Waals surface area contributed by atoms with Gasteiger partial charge in [-0.2, -0.15) is 5.10 Å². The topological polar surface area (TPSA) is 80.9 Å². The lowest BCUT2D eigenvalue weighted by atomic mass is 9.92. The number of pyridine rings is 1. The molecule has 0 radical (unpaired) electrons. The van der Waals surface area contributed by atoms with E-state index in [1.165, 1.54) is 0 Å². The highest BCUT2D eigenvalue weighted by Gasteiger charge is 2.32. The molecule has 1 unspecified atom stereocenters. The average molecular weight is 523 g/mol. The lowest BCUT2D eigenvalue weighted by Gasteiger charge is -2.38. The number of hydrogen-bond acceptors (Lipinski definition) is 7. The molecule has 0 amide bonds. The summed E-state index contributed by atoms with van der Waals surface area (Å²) in [5.41, 5.74) is 5.30. The summed E-state index contributed by atoms with van der Waals surface area (Å²) in [5, 5.41) is 25.1. The number of aryl methyl sites for hydroxylation is 2. The molecule has 5 heterocycles. The minimum absolute atomic E-state index is 0.0319. The monoisotopic (exact) mass is 522 g/mol. The number of hydrogen-bond donors (Lipinski definition) is 2. The highest BCUT2D eigenvalue weighted by Crippen LogP contribution is 2.45. The van der Waals surface area contributed by atoms with Crippen LogP contribution in [0.5, 0.6) is 0 Å². The number of likely N-dealkylation sites (N-methyl/N-ethyl adjacent to an activating group) is 1. The van der Waals surface area contributed by atoms with Gasteiger partial charge in [-0.15, -0.1) is 0 Å². The summed E-state index contributed by atoms with van der Waals surface area (Å²) in [4.78, 5) is 11.0. The van der Waals surface area contributed by atoms with Gasteiger partial charge < -0.3 is 24.9 Å². The second-order valence-corrected chi connectivity index (χ2v) is 10.5. The highest BCUT2D eigenvalue weighted by atomic mass is 19.3. The van der Waals surface area contributed by atoms with Crippen LogP contribution in [0.25, 0.3) is 17.2 Å². The third-order valence-corrected chi connectivity index (χ3v) is 7.89. The predicted molar refractivity (Wildman–Crippen MR) is 144 cm³/mol. The molecule has 2 atom stereocenters. The van der Waals surface area contributed by atoms with Crippen LogP contribution in [0.2, 0.25) is 0 Å². The Morgan fingerprint density at radius 2 is 1.89 bits per heavy atom. The van der Waals surface area contributed by atoms with E-state index in [9.17, 15) is 19.0 Å². The van der Waals surface area contributed by atoms with Gasteiger partial charge in [0.1, 0.15) is 17.9 Å². The Hall–Kier alpha value is -3.50. The summed E-state index contributed by atoms with van der Waals surface area (Å²) < 4.78 is 30.4. The van der Waals surface area contributed by atoms with Crippen molar-refractivity contribution in [2.45, 2.75) is 44.9 Å². The van der Waals surface area contributed by atoms with Crippen molar-refractivity contribution >= 4 is 29.1 Å². The van der Waals surface area contributed by atoms with Gasteiger partial charge in [-0.3, -0.25) is 4.68 Å². The SMILES string of the molecule is CC1=Cc2c(cc(N3CC[C@H](O)C3)nc2N2CCCc3cc(-c4cnn(C)c4)c(C(F)F)cc32)N(C)C1O. The van der Waals surface area contributed by atoms with E-state index in [0.29, 0.717) is 48.8 Å². The number of fused-ring (bicyclic) bond motifs is 2. The molecule has 8 nitrogen and oxygen atoms in total. The molecule has 1 aromatic carbocycles.